The lowest BCUT2D eigenvalue weighted by Crippen LogP contribution is -2.34. The molecule has 0 saturated heterocycles. The molecule has 0 bridgehead atoms. The van der Waals surface area contributed by atoms with Crippen molar-refractivity contribution < 1.29 is 13.9 Å². The summed E-state index contributed by atoms with van der Waals surface area (Å²) in [5, 5.41) is 7.35. The van der Waals surface area contributed by atoms with Gasteiger partial charge in [0.15, 0.2) is 0 Å². The van der Waals surface area contributed by atoms with Gasteiger partial charge in [-0.1, -0.05) is 24.3 Å². The largest absolute Gasteiger partial charge is 0.497 e. The smallest absolute Gasteiger partial charge is 0.322 e. The van der Waals surface area contributed by atoms with Crippen molar-refractivity contribution in [2.75, 3.05) is 19.0 Å². The van der Waals surface area contributed by atoms with Gasteiger partial charge in [0.25, 0.3) is 0 Å². The summed E-state index contributed by atoms with van der Waals surface area (Å²) in [6.07, 6.45) is 0.775. The zero-order valence-corrected chi connectivity index (χ0v) is 15.6. The number of anilines is 1. The number of urea groups is 1. The van der Waals surface area contributed by atoms with E-state index in [9.17, 15) is 9.18 Å². The maximum absolute atomic E-state index is 13.8. The third-order valence-corrected chi connectivity index (χ3v) is 4.78. The van der Waals surface area contributed by atoms with E-state index >= 15 is 0 Å². The molecule has 0 unspecified atom stereocenters. The fourth-order valence-corrected chi connectivity index (χ4v) is 3.32. The van der Waals surface area contributed by atoms with Gasteiger partial charge < -0.3 is 15.0 Å². The number of halogens is 1. The molecule has 1 aliphatic heterocycles. The van der Waals surface area contributed by atoms with Gasteiger partial charge in [-0.15, -0.1) is 0 Å². The molecule has 4 rings (SSSR count). The van der Waals surface area contributed by atoms with E-state index < -0.39 is 5.82 Å². The van der Waals surface area contributed by atoms with Gasteiger partial charge in [-0.05, 0) is 36.8 Å². The van der Waals surface area contributed by atoms with Crippen LogP contribution in [0.25, 0.3) is 11.3 Å². The van der Waals surface area contributed by atoms with Crippen molar-refractivity contribution in [3.63, 3.8) is 0 Å². The van der Waals surface area contributed by atoms with Crippen LogP contribution < -0.4 is 10.1 Å². The first-order valence-corrected chi connectivity index (χ1v) is 9.15. The second-order valence-electron chi connectivity index (χ2n) is 6.66. The molecule has 7 heteroatoms. The molecule has 1 aliphatic rings. The van der Waals surface area contributed by atoms with Gasteiger partial charge >= 0.3 is 6.03 Å². The normalized spacial score (nSPS) is 13.6. The Kier molecular flexibility index (Phi) is 4.97. The summed E-state index contributed by atoms with van der Waals surface area (Å²) in [6.45, 7) is 1.72. The van der Waals surface area contributed by atoms with Crippen molar-refractivity contribution in [2.45, 2.75) is 19.5 Å². The summed E-state index contributed by atoms with van der Waals surface area (Å²) in [6, 6.07) is 15.6. The van der Waals surface area contributed by atoms with Crippen LogP contribution >= 0.6 is 0 Å². The number of methoxy groups -OCH3 is 1. The number of benzene rings is 2. The van der Waals surface area contributed by atoms with Crippen molar-refractivity contribution in [2.24, 2.45) is 0 Å². The van der Waals surface area contributed by atoms with Crippen LogP contribution in [0.2, 0.25) is 0 Å². The summed E-state index contributed by atoms with van der Waals surface area (Å²) in [4.78, 5) is 14.3. The van der Waals surface area contributed by atoms with E-state index in [1.54, 1.807) is 30.2 Å². The number of ether oxygens (including phenoxy) is 1. The third-order valence-electron chi connectivity index (χ3n) is 4.78. The number of nitrogens with one attached hydrogen (secondary N) is 1. The number of fused-ring (bicyclic) bond motifs is 1. The molecule has 2 aromatic carbocycles. The highest BCUT2D eigenvalue weighted by molar-refractivity contribution is 5.89. The molecule has 6 nitrogen and oxygen atoms in total. The minimum Gasteiger partial charge on any atom is -0.497 e. The first-order valence-electron chi connectivity index (χ1n) is 9.15. The molecule has 2 amide bonds. The van der Waals surface area contributed by atoms with Gasteiger partial charge in [-0.25, -0.2) is 9.18 Å². The Hall–Kier alpha value is -3.35. The summed E-state index contributed by atoms with van der Waals surface area (Å²) in [7, 11) is 1.63. The monoisotopic (exact) mass is 380 g/mol. The van der Waals surface area contributed by atoms with Gasteiger partial charge in [0.1, 0.15) is 11.6 Å². The molecule has 1 N–H and O–H groups in total. The Morgan fingerprint density at radius 2 is 2.00 bits per heavy atom. The number of hydrogen-bond acceptors (Lipinski definition) is 3. The van der Waals surface area contributed by atoms with E-state index in [1.807, 2.05) is 35.0 Å². The fourth-order valence-electron chi connectivity index (χ4n) is 3.32. The lowest BCUT2D eigenvalue weighted by atomic mass is 10.1. The van der Waals surface area contributed by atoms with E-state index in [4.69, 9.17) is 9.84 Å². The minimum absolute atomic E-state index is 0.183. The number of amides is 2. The van der Waals surface area contributed by atoms with Gasteiger partial charge in [0.2, 0.25) is 0 Å². The number of para-hydroxylation sites is 1. The Morgan fingerprint density at radius 1 is 1.14 bits per heavy atom. The average Bonchev–Trinajstić information content (AvgIpc) is 3.01. The highest BCUT2D eigenvalue weighted by Crippen LogP contribution is 2.25. The predicted molar refractivity (Wildman–Crippen MR) is 105 cm³/mol. The van der Waals surface area contributed by atoms with E-state index in [1.165, 1.54) is 6.07 Å². The summed E-state index contributed by atoms with van der Waals surface area (Å²) < 4.78 is 21.1. The average molecular weight is 380 g/mol. The third kappa shape index (κ3) is 3.69. The molecule has 144 valence electrons. The Labute approximate surface area is 162 Å². The number of hydrogen-bond donors (Lipinski definition) is 1. The van der Waals surface area contributed by atoms with Crippen molar-refractivity contribution in [3.8, 4) is 17.0 Å². The molecular formula is C21H21FN4O2. The molecule has 2 heterocycles. The molecule has 0 radical (unpaired) electrons. The summed E-state index contributed by atoms with van der Waals surface area (Å²) in [5.41, 5.74) is 2.92. The summed E-state index contributed by atoms with van der Waals surface area (Å²) in [5.74, 6) is 0.322. The number of aryl methyl sites for hydroxylation is 1. The zero-order valence-electron chi connectivity index (χ0n) is 15.6. The molecule has 28 heavy (non-hydrogen) atoms. The molecule has 0 saturated carbocycles. The molecule has 0 fully saturated rings. The van der Waals surface area contributed by atoms with Crippen LogP contribution in [0.5, 0.6) is 5.75 Å². The molecule has 0 atom stereocenters. The van der Waals surface area contributed by atoms with Crippen molar-refractivity contribution >= 4 is 11.7 Å². The Bertz CT molecular complexity index is 1000. The maximum Gasteiger partial charge on any atom is 0.322 e. The number of carbonyl (C=O) groups is 1. The van der Waals surface area contributed by atoms with E-state index in [0.717, 1.165) is 35.7 Å². The van der Waals surface area contributed by atoms with Crippen LogP contribution in [0.4, 0.5) is 14.9 Å². The van der Waals surface area contributed by atoms with Gasteiger partial charge in [-0.3, -0.25) is 4.68 Å². The van der Waals surface area contributed by atoms with Crippen LogP contribution in [-0.4, -0.2) is 34.4 Å². The van der Waals surface area contributed by atoms with Crippen LogP contribution in [0.1, 0.15) is 12.1 Å². The first-order chi connectivity index (χ1) is 13.6. The molecule has 0 spiro atoms. The Morgan fingerprint density at radius 3 is 2.82 bits per heavy atom. The second kappa shape index (κ2) is 7.72. The minimum atomic E-state index is -0.448. The predicted octanol–water partition coefficient (Wildman–Crippen LogP) is 4.14. The molecule has 1 aromatic heterocycles. The van der Waals surface area contributed by atoms with E-state index in [2.05, 4.69) is 5.32 Å². The number of carbonyl (C=O) groups excluding carboxylic acids is 1. The van der Waals surface area contributed by atoms with Crippen molar-refractivity contribution in [3.05, 3.63) is 66.1 Å². The molecule has 3 aromatic rings. The van der Waals surface area contributed by atoms with Gasteiger partial charge in [0, 0.05) is 18.7 Å². The maximum atomic E-state index is 13.8. The van der Waals surface area contributed by atoms with Crippen molar-refractivity contribution in [1.29, 1.82) is 0 Å². The van der Waals surface area contributed by atoms with Crippen LogP contribution in [0, 0.1) is 5.82 Å². The van der Waals surface area contributed by atoms with Crippen LogP contribution in [0.15, 0.2) is 54.6 Å². The highest BCUT2D eigenvalue weighted by Gasteiger charge is 2.21. The quantitative estimate of drug-likeness (QED) is 0.743. The molecular weight excluding hydrogens is 359 g/mol. The van der Waals surface area contributed by atoms with Gasteiger partial charge in [0.05, 0.1) is 30.7 Å². The van der Waals surface area contributed by atoms with E-state index in [-0.39, 0.29) is 11.7 Å². The second-order valence-corrected chi connectivity index (χ2v) is 6.66. The first kappa shape index (κ1) is 18.0. The molecule has 0 aliphatic carbocycles. The standard InChI is InChI=1S/C21H21FN4O2/c1-28-17-7-4-6-15(12-17)20-13-16-14-25(10-5-11-26(16)24-20)21(27)23-19-9-3-2-8-18(19)22/h2-4,6-9,12-13H,5,10-11,14H2,1H3,(H,23,27). The number of aromatic nitrogens is 2. The SMILES string of the molecule is COc1cccc(-c2cc3n(n2)CCCN(C(=O)Nc2ccccc2F)C3)c1. The van der Waals surface area contributed by atoms with Crippen molar-refractivity contribution in [1.82, 2.24) is 14.7 Å². The highest BCUT2D eigenvalue weighted by atomic mass is 19.1. The van der Waals surface area contributed by atoms with Crippen LogP contribution in [-0.2, 0) is 13.1 Å². The lowest BCUT2D eigenvalue weighted by molar-refractivity contribution is 0.210. The lowest BCUT2D eigenvalue weighted by Gasteiger charge is -2.20. The number of nitrogens with zero attached hydrogens (tertiary/aromatic N) is 3. The van der Waals surface area contributed by atoms with Crippen LogP contribution in [0.3, 0.4) is 0 Å². The topological polar surface area (TPSA) is 59.4 Å². The van der Waals surface area contributed by atoms with E-state index in [0.29, 0.717) is 13.1 Å². The Balaban J connectivity index is 1.54. The van der Waals surface area contributed by atoms with Gasteiger partial charge in [-0.2, -0.15) is 5.10 Å². The fraction of sp³-hybridized carbons (Fsp3) is 0.238. The summed E-state index contributed by atoms with van der Waals surface area (Å²) >= 11 is 0. The number of rotatable bonds is 3. The zero-order chi connectivity index (χ0) is 19.5.